The molecule has 1 atom stereocenters. The van der Waals surface area contributed by atoms with Gasteiger partial charge in [-0.2, -0.15) is 0 Å². The lowest BCUT2D eigenvalue weighted by molar-refractivity contribution is -0.122. The molecule has 1 unspecified atom stereocenters. The second-order valence-corrected chi connectivity index (χ2v) is 6.28. The topological polar surface area (TPSA) is 55.1 Å². The van der Waals surface area contributed by atoms with Crippen LogP contribution in [0.5, 0.6) is 0 Å². The molecule has 1 saturated carbocycles. The Morgan fingerprint density at radius 2 is 2.00 bits per heavy atom. The Morgan fingerprint density at radius 1 is 1.37 bits per heavy atom. The van der Waals surface area contributed by atoms with Gasteiger partial charge in [0.25, 0.3) is 0 Å². The monoisotopic (exact) mass is 260 g/mol. The molecule has 1 aromatic carbocycles. The van der Waals surface area contributed by atoms with Crippen LogP contribution < -0.4 is 11.1 Å². The third kappa shape index (κ3) is 4.67. The van der Waals surface area contributed by atoms with Crippen LogP contribution >= 0.6 is 0 Å². The summed E-state index contributed by atoms with van der Waals surface area (Å²) in [5.41, 5.74) is 6.85. The summed E-state index contributed by atoms with van der Waals surface area (Å²) in [7, 11) is 0. The van der Waals surface area contributed by atoms with Gasteiger partial charge in [-0.1, -0.05) is 30.3 Å². The minimum Gasteiger partial charge on any atom is -0.349 e. The molecule has 1 aliphatic rings. The fraction of sp³-hybridized carbons (Fsp3) is 0.562. The maximum absolute atomic E-state index is 12.0. The summed E-state index contributed by atoms with van der Waals surface area (Å²) >= 11 is 0. The highest BCUT2D eigenvalue weighted by Gasteiger charge is 2.33. The fourth-order valence-corrected chi connectivity index (χ4v) is 2.24. The normalized spacial score (nSPS) is 17.0. The zero-order chi connectivity index (χ0) is 13.9. The van der Waals surface area contributed by atoms with Gasteiger partial charge in [0.1, 0.15) is 0 Å². The predicted molar refractivity (Wildman–Crippen MR) is 77.6 cm³/mol. The van der Waals surface area contributed by atoms with Gasteiger partial charge < -0.3 is 11.1 Å². The maximum atomic E-state index is 12.0. The largest absolute Gasteiger partial charge is 0.349 e. The zero-order valence-corrected chi connectivity index (χ0v) is 11.9. The van der Waals surface area contributed by atoms with Crippen molar-refractivity contribution in [2.75, 3.05) is 0 Å². The molecule has 0 bridgehead atoms. The summed E-state index contributed by atoms with van der Waals surface area (Å²) in [6.45, 7) is 3.91. The highest BCUT2D eigenvalue weighted by Crippen LogP contribution is 2.40. The van der Waals surface area contributed by atoms with E-state index in [9.17, 15) is 4.79 Å². The molecule has 3 N–H and O–H groups in total. The maximum Gasteiger partial charge on any atom is 0.220 e. The molecule has 19 heavy (non-hydrogen) atoms. The van der Waals surface area contributed by atoms with E-state index < -0.39 is 0 Å². The van der Waals surface area contributed by atoms with E-state index in [4.69, 9.17) is 5.73 Å². The summed E-state index contributed by atoms with van der Waals surface area (Å²) in [6, 6.07) is 10.4. The smallest absolute Gasteiger partial charge is 0.220 e. The fourth-order valence-electron chi connectivity index (χ4n) is 2.24. The summed E-state index contributed by atoms with van der Waals surface area (Å²) < 4.78 is 0. The number of carbonyl (C=O) groups is 1. The molecule has 3 nitrogen and oxygen atoms in total. The summed E-state index contributed by atoms with van der Waals surface area (Å²) in [5, 5.41) is 3.17. The van der Waals surface area contributed by atoms with Gasteiger partial charge in [0.05, 0.1) is 6.04 Å². The number of rotatable bonds is 6. The number of benzene rings is 1. The summed E-state index contributed by atoms with van der Waals surface area (Å²) in [5.74, 6) is 0.719. The average molecular weight is 260 g/mol. The third-order valence-corrected chi connectivity index (χ3v) is 3.56. The number of nitrogens with two attached hydrogens (primary N) is 1. The van der Waals surface area contributed by atoms with Crippen molar-refractivity contribution in [3.05, 3.63) is 35.9 Å². The first-order valence-corrected chi connectivity index (χ1v) is 7.09. The van der Waals surface area contributed by atoms with Gasteiger partial charge in [-0.25, -0.2) is 0 Å². The van der Waals surface area contributed by atoms with Crippen molar-refractivity contribution in [3.8, 4) is 0 Å². The van der Waals surface area contributed by atoms with Gasteiger partial charge in [0.15, 0.2) is 0 Å². The number of hydrogen-bond donors (Lipinski definition) is 2. The number of nitrogens with one attached hydrogen (secondary N) is 1. The van der Waals surface area contributed by atoms with E-state index in [1.54, 1.807) is 0 Å². The Kier molecular flexibility index (Phi) is 4.25. The van der Waals surface area contributed by atoms with Crippen molar-refractivity contribution in [3.63, 3.8) is 0 Å². The van der Waals surface area contributed by atoms with Gasteiger partial charge in [-0.05, 0) is 44.6 Å². The van der Waals surface area contributed by atoms with Crippen LogP contribution in [0.2, 0.25) is 0 Å². The highest BCUT2D eigenvalue weighted by molar-refractivity contribution is 5.76. The van der Waals surface area contributed by atoms with E-state index in [2.05, 4.69) is 17.4 Å². The molecule has 104 valence electrons. The van der Waals surface area contributed by atoms with E-state index in [0.717, 1.165) is 0 Å². The molecule has 1 aliphatic carbocycles. The van der Waals surface area contributed by atoms with Crippen molar-refractivity contribution in [1.82, 2.24) is 5.32 Å². The van der Waals surface area contributed by atoms with E-state index in [0.29, 0.717) is 18.8 Å². The van der Waals surface area contributed by atoms with Crippen LogP contribution in [0.25, 0.3) is 0 Å². The number of amides is 1. The first kappa shape index (κ1) is 14.1. The molecule has 1 fully saturated rings. The van der Waals surface area contributed by atoms with Crippen LogP contribution in [-0.4, -0.2) is 11.4 Å². The van der Waals surface area contributed by atoms with Gasteiger partial charge in [-0.15, -0.1) is 0 Å². The Labute approximate surface area is 115 Å². The van der Waals surface area contributed by atoms with Gasteiger partial charge in [0, 0.05) is 12.0 Å². The lowest BCUT2D eigenvalue weighted by Gasteiger charge is -2.21. The Balaban J connectivity index is 1.93. The number of carbonyl (C=O) groups excluding carboxylic acids is 1. The minimum atomic E-state index is -0.279. The molecule has 0 aromatic heterocycles. The van der Waals surface area contributed by atoms with E-state index in [1.165, 1.54) is 18.4 Å². The molecule has 0 heterocycles. The summed E-state index contributed by atoms with van der Waals surface area (Å²) in [4.78, 5) is 12.0. The Bertz CT molecular complexity index is 418. The molecule has 1 aromatic rings. The second-order valence-electron chi connectivity index (χ2n) is 6.28. The standard InChI is InChI=1S/C16H24N2O/c1-16(2,17)11-10-14(19)18-15(13-8-9-13)12-6-4-3-5-7-12/h3-7,13,15H,8-11,17H2,1-2H3,(H,18,19). The van der Waals surface area contributed by atoms with Crippen molar-refractivity contribution in [2.24, 2.45) is 11.7 Å². The van der Waals surface area contributed by atoms with Crippen LogP contribution in [0.15, 0.2) is 30.3 Å². The predicted octanol–water partition coefficient (Wildman–Crippen LogP) is 2.77. The first-order valence-electron chi connectivity index (χ1n) is 7.09. The van der Waals surface area contributed by atoms with Gasteiger partial charge >= 0.3 is 0 Å². The molecular formula is C16H24N2O. The van der Waals surface area contributed by atoms with Crippen LogP contribution in [0.3, 0.4) is 0 Å². The van der Waals surface area contributed by atoms with Crippen molar-refractivity contribution in [2.45, 2.75) is 51.1 Å². The van der Waals surface area contributed by atoms with Gasteiger partial charge in [-0.3, -0.25) is 4.79 Å². The number of hydrogen-bond acceptors (Lipinski definition) is 2. The Hall–Kier alpha value is -1.35. The van der Waals surface area contributed by atoms with E-state index in [1.807, 2.05) is 32.0 Å². The molecule has 0 spiro atoms. The van der Waals surface area contributed by atoms with Crippen molar-refractivity contribution < 1.29 is 4.79 Å². The highest BCUT2D eigenvalue weighted by atomic mass is 16.1. The summed E-state index contributed by atoms with van der Waals surface area (Å²) in [6.07, 6.45) is 3.63. The van der Waals surface area contributed by atoms with Gasteiger partial charge in [0.2, 0.25) is 5.91 Å². The first-order chi connectivity index (χ1) is 8.96. The Morgan fingerprint density at radius 3 is 2.53 bits per heavy atom. The van der Waals surface area contributed by atoms with Crippen LogP contribution in [0.1, 0.15) is 51.1 Å². The SMILES string of the molecule is CC(C)(N)CCC(=O)NC(c1ccccc1)C1CC1. The molecular weight excluding hydrogens is 236 g/mol. The lowest BCUT2D eigenvalue weighted by Crippen LogP contribution is -2.35. The molecule has 0 radical (unpaired) electrons. The molecule has 0 saturated heterocycles. The van der Waals surface area contributed by atoms with E-state index in [-0.39, 0.29) is 17.5 Å². The molecule has 3 heteroatoms. The average Bonchev–Trinajstić information content (AvgIpc) is 3.18. The third-order valence-electron chi connectivity index (χ3n) is 3.56. The molecule has 0 aliphatic heterocycles. The van der Waals surface area contributed by atoms with Crippen LogP contribution in [-0.2, 0) is 4.79 Å². The van der Waals surface area contributed by atoms with E-state index >= 15 is 0 Å². The van der Waals surface area contributed by atoms with Crippen LogP contribution in [0, 0.1) is 5.92 Å². The van der Waals surface area contributed by atoms with Crippen LogP contribution in [0.4, 0.5) is 0 Å². The molecule has 1 amide bonds. The second kappa shape index (κ2) is 5.74. The van der Waals surface area contributed by atoms with Crippen molar-refractivity contribution in [1.29, 1.82) is 0 Å². The minimum absolute atomic E-state index is 0.110. The zero-order valence-electron chi connectivity index (χ0n) is 11.9. The lowest BCUT2D eigenvalue weighted by atomic mass is 9.98. The van der Waals surface area contributed by atoms with Crippen molar-refractivity contribution >= 4 is 5.91 Å². The molecule has 2 rings (SSSR count). The quantitative estimate of drug-likeness (QED) is 0.826.